The minimum atomic E-state index is 0.515. The molecule has 0 amide bonds. The van der Waals surface area contributed by atoms with Gasteiger partial charge in [0.1, 0.15) is 5.75 Å². The van der Waals surface area contributed by atoms with Gasteiger partial charge in [0.05, 0.1) is 6.61 Å². The highest BCUT2D eigenvalue weighted by molar-refractivity contribution is 9.10. The lowest BCUT2D eigenvalue weighted by Crippen LogP contribution is -2.40. The number of ether oxygens (including phenoxy) is 2. The van der Waals surface area contributed by atoms with Crippen molar-refractivity contribution >= 4 is 15.9 Å². The Kier molecular flexibility index (Phi) is 5.19. The van der Waals surface area contributed by atoms with E-state index in [0.29, 0.717) is 12.0 Å². The largest absolute Gasteiger partial charge is 0.493 e. The van der Waals surface area contributed by atoms with Gasteiger partial charge in [-0.1, -0.05) is 22.9 Å². The topological polar surface area (TPSA) is 30.5 Å². The molecule has 2 aliphatic rings. The van der Waals surface area contributed by atoms with Crippen molar-refractivity contribution < 1.29 is 9.47 Å². The van der Waals surface area contributed by atoms with Crippen LogP contribution in [0, 0.1) is 5.92 Å². The first-order valence-corrected chi connectivity index (χ1v) is 8.82. The molecular weight excluding hydrogens is 330 g/mol. The molecule has 1 fully saturated rings. The van der Waals surface area contributed by atoms with Crippen LogP contribution in [0.4, 0.5) is 0 Å². The molecule has 1 N–H and O–H groups in total. The number of hydrogen-bond acceptors (Lipinski definition) is 3. The zero-order valence-electron chi connectivity index (χ0n) is 12.7. The molecule has 4 heteroatoms. The van der Waals surface area contributed by atoms with Crippen LogP contribution in [0.1, 0.15) is 30.9 Å². The van der Waals surface area contributed by atoms with Gasteiger partial charge in [0.15, 0.2) is 0 Å². The summed E-state index contributed by atoms with van der Waals surface area (Å²) in [6, 6.07) is 4.94. The Morgan fingerprint density at radius 2 is 2.10 bits per heavy atom. The van der Waals surface area contributed by atoms with Crippen LogP contribution in [0.15, 0.2) is 16.6 Å². The molecule has 1 unspecified atom stereocenters. The standard InChI is InChI=1S/C17H24BrNO2/c1-2-19-16(12-3-6-20-7-4-12)11-14-10-15(18)9-13-5-8-21-17(13)14/h9-10,12,16,19H,2-8,11H2,1H3. The number of halogens is 1. The third-order valence-corrected chi connectivity index (χ3v) is 5.02. The molecule has 2 heterocycles. The van der Waals surface area contributed by atoms with Crippen LogP contribution in [0.25, 0.3) is 0 Å². The molecule has 0 bridgehead atoms. The number of fused-ring (bicyclic) bond motifs is 1. The van der Waals surface area contributed by atoms with Crippen LogP contribution in [-0.4, -0.2) is 32.4 Å². The van der Waals surface area contributed by atoms with E-state index < -0.39 is 0 Å². The summed E-state index contributed by atoms with van der Waals surface area (Å²) in [4.78, 5) is 0. The van der Waals surface area contributed by atoms with Crippen molar-refractivity contribution in [3.63, 3.8) is 0 Å². The maximum absolute atomic E-state index is 5.88. The van der Waals surface area contributed by atoms with Crippen molar-refractivity contribution in [1.82, 2.24) is 5.32 Å². The summed E-state index contributed by atoms with van der Waals surface area (Å²) in [6.45, 7) is 5.83. The zero-order chi connectivity index (χ0) is 14.7. The van der Waals surface area contributed by atoms with E-state index in [1.807, 2.05) is 0 Å². The van der Waals surface area contributed by atoms with Crippen LogP contribution in [0.2, 0.25) is 0 Å². The van der Waals surface area contributed by atoms with E-state index in [0.717, 1.165) is 57.8 Å². The normalized spacial score (nSPS) is 20.1. The van der Waals surface area contributed by atoms with E-state index in [4.69, 9.17) is 9.47 Å². The van der Waals surface area contributed by atoms with Crippen molar-refractivity contribution in [3.05, 3.63) is 27.7 Å². The third-order valence-electron chi connectivity index (χ3n) is 4.57. The maximum atomic E-state index is 5.88. The van der Waals surface area contributed by atoms with Gasteiger partial charge in [0, 0.05) is 30.1 Å². The summed E-state index contributed by atoms with van der Waals surface area (Å²) < 4.78 is 12.6. The smallest absolute Gasteiger partial charge is 0.125 e. The minimum absolute atomic E-state index is 0.515. The summed E-state index contributed by atoms with van der Waals surface area (Å²) in [6.07, 6.45) is 4.40. The molecule has 3 nitrogen and oxygen atoms in total. The number of likely N-dealkylation sites (N-methyl/N-ethyl adjacent to an activating group) is 1. The Morgan fingerprint density at radius 1 is 1.29 bits per heavy atom. The average Bonchev–Trinajstić information content (AvgIpc) is 2.96. The average molecular weight is 354 g/mol. The fourth-order valence-electron chi connectivity index (χ4n) is 3.52. The van der Waals surface area contributed by atoms with Crippen molar-refractivity contribution in [2.75, 3.05) is 26.4 Å². The number of benzene rings is 1. The van der Waals surface area contributed by atoms with Crippen LogP contribution in [-0.2, 0) is 17.6 Å². The van der Waals surface area contributed by atoms with E-state index in [9.17, 15) is 0 Å². The van der Waals surface area contributed by atoms with Crippen LogP contribution in [0.3, 0.4) is 0 Å². The highest BCUT2D eigenvalue weighted by atomic mass is 79.9. The van der Waals surface area contributed by atoms with Crippen molar-refractivity contribution in [2.45, 2.75) is 38.6 Å². The first-order chi connectivity index (χ1) is 10.3. The molecule has 1 atom stereocenters. The van der Waals surface area contributed by atoms with Gasteiger partial charge in [-0.3, -0.25) is 0 Å². The first kappa shape index (κ1) is 15.3. The van der Waals surface area contributed by atoms with Gasteiger partial charge in [-0.15, -0.1) is 0 Å². The van der Waals surface area contributed by atoms with Gasteiger partial charge >= 0.3 is 0 Å². The molecule has 1 saturated heterocycles. The molecule has 1 aromatic carbocycles. The maximum Gasteiger partial charge on any atom is 0.125 e. The molecule has 0 radical (unpaired) electrons. The molecule has 0 aromatic heterocycles. The minimum Gasteiger partial charge on any atom is -0.493 e. The second kappa shape index (κ2) is 7.12. The fourth-order valence-corrected chi connectivity index (χ4v) is 4.07. The fraction of sp³-hybridized carbons (Fsp3) is 0.647. The van der Waals surface area contributed by atoms with Gasteiger partial charge in [0.2, 0.25) is 0 Å². The predicted molar refractivity (Wildman–Crippen MR) is 88.1 cm³/mol. The van der Waals surface area contributed by atoms with E-state index in [2.05, 4.69) is 40.3 Å². The van der Waals surface area contributed by atoms with Gasteiger partial charge in [-0.05, 0) is 55.0 Å². The van der Waals surface area contributed by atoms with Gasteiger partial charge < -0.3 is 14.8 Å². The zero-order valence-corrected chi connectivity index (χ0v) is 14.2. The molecule has 0 saturated carbocycles. The number of nitrogens with one attached hydrogen (secondary N) is 1. The molecule has 21 heavy (non-hydrogen) atoms. The Labute approximate surface area is 135 Å². The van der Waals surface area contributed by atoms with E-state index >= 15 is 0 Å². The highest BCUT2D eigenvalue weighted by Crippen LogP contribution is 2.35. The predicted octanol–water partition coefficient (Wildman–Crippen LogP) is 3.33. The van der Waals surface area contributed by atoms with E-state index in [-0.39, 0.29) is 0 Å². The summed E-state index contributed by atoms with van der Waals surface area (Å²) in [5.41, 5.74) is 2.69. The molecule has 116 valence electrons. The lowest BCUT2D eigenvalue weighted by Gasteiger charge is -2.31. The molecule has 2 aliphatic heterocycles. The monoisotopic (exact) mass is 353 g/mol. The van der Waals surface area contributed by atoms with Crippen LogP contribution in [0.5, 0.6) is 5.75 Å². The van der Waals surface area contributed by atoms with E-state index in [1.54, 1.807) is 0 Å². The summed E-state index contributed by atoms with van der Waals surface area (Å²) >= 11 is 3.64. The van der Waals surface area contributed by atoms with Crippen molar-refractivity contribution in [2.24, 2.45) is 5.92 Å². The lowest BCUT2D eigenvalue weighted by molar-refractivity contribution is 0.0539. The van der Waals surface area contributed by atoms with Crippen molar-refractivity contribution in [3.8, 4) is 5.75 Å². The second-order valence-corrected chi connectivity index (χ2v) is 6.89. The highest BCUT2D eigenvalue weighted by Gasteiger charge is 2.26. The summed E-state index contributed by atoms with van der Waals surface area (Å²) in [7, 11) is 0. The molecular formula is C17H24BrNO2. The summed E-state index contributed by atoms with van der Waals surface area (Å²) in [5, 5.41) is 3.69. The number of hydrogen-bond donors (Lipinski definition) is 1. The Balaban J connectivity index is 1.79. The Morgan fingerprint density at radius 3 is 2.86 bits per heavy atom. The van der Waals surface area contributed by atoms with Gasteiger partial charge in [0.25, 0.3) is 0 Å². The summed E-state index contributed by atoms with van der Waals surface area (Å²) in [5.74, 6) is 1.84. The first-order valence-electron chi connectivity index (χ1n) is 8.03. The molecule has 0 spiro atoms. The Hall–Kier alpha value is -0.580. The lowest BCUT2D eigenvalue weighted by atomic mass is 9.87. The van der Waals surface area contributed by atoms with Gasteiger partial charge in [-0.2, -0.15) is 0 Å². The quantitative estimate of drug-likeness (QED) is 0.880. The molecule has 3 rings (SSSR count). The van der Waals surface area contributed by atoms with Crippen LogP contribution < -0.4 is 10.1 Å². The number of rotatable bonds is 5. The third kappa shape index (κ3) is 3.61. The van der Waals surface area contributed by atoms with E-state index in [1.165, 1.54) is 15.6 Å². The molecule has 1 aromatic rings. The van der Waals surface area contributed by atoms with Crippen LogP contribution >= 0.6 is 15.9 Å². The molecule has 0 aliphatic carbocycles. The second-order valence-electron chi connectivity index (χ2n) is 5.97. The van der Waals surface area contributed by atoms with Crippen molar-refractivity contribution in [1.29, 1.82) is 0 Å². The SMILES string of the molecule is CCNC(Cc1cc(Br)cc2c1OCC2)C1CCOCC1. The van der Waals surface area contributed by atoms with Gasteiger partial charge in [-0.25, -0.2) is 0 Å². The Bertz CT molecular complexity index is 486.